The van der Waals surface area contributed by atoms with Crippen molar-refractivity contribution in [2.75, 3.05) is 32.8 Å². The molecule has 0 aromatic carbocycles. The van der Waals surface area contributed by atoms with Crippen LogP contribution in [0.3, 0.4) is 0 Å². The Morgan fingerprint density at radius 2 is 2.27 bits per heavy atom. The Labute approximate surface area is 91.8 Å². The summed E-state index contributed by atoms with van der Waals surface area (Å²) < 4.78 is 5.19. The van der Waals surface area contributed by atoms with Crippen molar-refractivity contribution in [2.24, 2.45) is 5.92 Å². The van der Waals surface area contributed by atoms with E-state index in [1.54, 1.807) is 0 Å². The van der Waals surface area contributed by atoms with Gasteiger partial charge in [-0.2, -0.15) is 0 Å². The van der Waals surface area contributed by atoms with E-state index in [4.69, 9.17) is 4.74 Å². The van der Waals surface area contributed by atoms with Crippen LogP contribution in [0.15, 0.2) is 0 Å². The molecule has 1 fully saturated rings. The average Bonchev–Trinajstić information content (AvgIpc) is 3.04. The zero-order valence-corrected chi connectivity index (χ0v) is 9.55. The van der Waals surface area contributed by atoms with Crippen LogP contribution in [-0.4, -0.2) is 38.8 Å². The van der Waals surface area contributed by atoms with Gasteiger partial charge in [-0.05, 0) is 38.6 Å². The molecule has 0 radical (unpaired) electrons. The summed E-state index contributed by atoms with van der Waals surface area (Å²) in [6.45, 7) is 5.66. The molecule has 0 spiro atoms. The predicted octanol–water partition coefficient (Wildman–Crippen LogP) is 0.529. The minimum Gasteiger partial charge on any atom is -0.382 e. The lowest BCUT2D eigenvalue weighted by atomic mass is 10.4. The van der Waals surface area contributed by atoms with Crippen LogP contribution in [0.5, 0.6) is 0 Å². The first-order valence-corrected chi connectivity index (χ1v) is 5.88. The molecule has 1 aliphatic carbocycles. The van der Waals surface area contributed by atoms with E-state index in [9.17, 15) is 4.79 Å². The summed E-state index contributed by atoms with van der Waals surface area (Å²) in [4.78, 5) is 11.3. The molecule has 2 N–H and O–H groups in total. The lowest BCUT2D eigenvalue weighted by Crippen LogP contribution is -2.35. The minimum absolute atomic E-state index is 0.110. The van der Waals surface area contributed by atoms with Gasteiger partial charge in [0.15, 0.2) is 0 Å². The molecule has 0 saturated heterocycles. The van der Waals surface area contributed by atoms with E-state index in [0.717, 1.165) is 38.6 Å². The third-order valence-corrected chi connectivity index (χ3v) is 2.42. The van der Waals surface area contributed by atoms with Gasteiger partial charge < -0.3 is 15.4 Å². The summed E-state index contributed by atoms with van der Waals surface area (Å²) in [5.74, 6) is 0.866. The Balaban J connectivity index is 1.79. The van der Waals surface area contributed by atoms with E-state index in [1.165, 1.54) is 12.8 Å². The molecule has 0 heterocycles. The molecule has 4 nitrogen and oxygen atoms in total. The normalized spacial score (nSPS) is 15.3. The first-order valence-electron chi connectivity index (χ1n) is 5.88. The highest BCUT2D eigenvalue weighted by Crippen LogP contribution is 2.27. The first-order chi connectivity index (χ1) is 7.33. The number of hydrogen-bond donors (Lipinski definition) is 2. The fraction of sp³-hybridized carbons (Fsp3) is 0.909. The van der Waals surface area contributed by atoms with Crippen LogP contribution in [0.25, 0.3) is 0 Å². The van der Waals surface area contributed by atoms with Gasteiger partial charge in [-0.25, -0.2) is 0 Å². The van der Waals surface area contributed by atoms with Crippen molar-refractivity contribution in [3.05, 3.63) is 0 Å². The van der Waals surface area contributed by atoms with E-state index in [0.29, 0.717) is 6.54 Å². The SMILES string of the molecule is CCOCCCNCC(=O)NCC1CC1. The maximum Gasteiger partial charge on any atom is 0.233 e. The van der Waals surface area contributed by atoms with Crippen molar-refractivity contribution < 1.29 is 9.53 Å². The summed E-state index contributed by atoms with van der Waals surface area (Å²) >= 11 is 0. The summed E-state index contributed by atoms with van der Waals surface area (Å²) in [6.07, 6.45) is 3.52. The highest BCUT2D eigenvalue weighted by Gasteiger charge is 2.21. The molecule has 0 atom stereocenters. The molecule has 0 aromatic rings. The van der Waals surface area contributed by atoms with Crippen LogP contribution >= 0.6 is 0 Å². The first kappa shape index (κ1) is 12.5. The molecule has 0 bridgehead atoms. The van der Waals surface area contributed by atoms with Gasteiger partial charge in [-0.15, -0.1) is 0 Å². The summed E-state index contributed by atoms with van der Waals surface area (Å²) in [5, 5.41) is 6.01. The van der Waals surface area contributed by atoms with Gasteiger partial charge in [0.25, 0.3) is 0 Å². The molecule has 0 aromatic heterocycles. The molecule has 1 amide bonds. The Kier molecular flexibility index (Phi) is 6.36. The van der Waals surface area contributed by atoms with Gasteiger partial charge in [0, 0.05) is 19.8 Å². The number of hydrogen-bond acceptors (Lipinski definition) is 3. The molecule has 0 unspecified atom stereocenters. The highest BCUT2D eigenvalue weighted by molar-refractivity contribution is 5.77. The molecule has 1 saturated carbocycles. The Bertz CT molecular complexity index is 181. The summed E-state index contributed by atoms with van der Waals surface area (Å²) in [6, 6.07) is 0. The second kappa shape index (κ2) is 7.65. The number of carbonyl (C=O) groups excluding carboxylic acids is 1. The summed E-state index contributed by atoms with van der Waals surface area (Å²) in [7, 11) is 0. The summed E-state index contributed by atoms with van der Waals surface area (Å²) in [5.41, 5.74) is 0. The fourth-order valence-electron chi connectivity index (χ4n) is 1.29. The monoisotopic (exact) mass is 214 g/mol. The van der Waals surface area contributed by atoms with Crippen LogP contribution in [0, 0.1) is 5.92 Å². The Morgan fingerprint density at radius 3 is 2.93 bits per heavy atom. The molecule has 88 valence electrons. The molecule has 0 aliphatic heterocycles. The zero-order chi connectivity index (χ0) is 10.9. The maximum absolute atomic E-state index is 11.3. The number of ether oxygens (including phenoxy) is 1. The Hall–Kier alpha value is -0.610. The fourth-order valence-corrected chi connectivity index (χ4v) is 1.29. The van der Waals surface area contributed by atoms with Crippen molar-refractivity contribution in [1.29, 1.82) is 0 Å². The minimum atomic E-state index is 0.110. The number of nitrogens with one attached hydrogen (secondary N) is 2. The molecule has 15 heavy (non-hydrogen) atoms. The molecular formula is C11H22N2O2. The predicted molar refractivity (Wildman–Crippen MR) is 59.7 cm³/mol. The van der Waals surface area contributed by atoms with Crippen LogP contribution in [0.4, 0.5) is 0 Å². The van der Waals surface area contributed by atoms with Crippen molar-refractivity contribution in [3.8, 4) is 0 Å². The van der Waals surface area contributed by atoms with Crippen molar-refractivity contribution in [1.82, 2.24) is 10.6 Å². The van der Waals surface area contributed by atoms with Gasteiger partial charge in [0.05, 0.1) is 6.54 Å². The van der Waals surface area contributed by atoms with Gasteiger partial charge in [0.2, 0.25) is 5.91 Å². The van der Waals surface area contributed by atoms with Gasteiger partial charge in [0.1, 0.15) is 0 Å². The second-order valence-corrected chi connectivity index (χ2v) is 3.97. The number of carbonyl (C=O) groups is 1. The lowest BCUT2D eigenvalue weighted by Gasteiger charge is -2.05. The smallest absolute Gasteiger partial charge is 0.233 e. The third-order valence-electron chi connectivity index (χ3n) is 2.42. The number of amides is 1. The Morgan fingerprint density at radius 1 is 1.47 bits per heavy atom. The van der Waals surface area contributed by atoms with E-state index in [1.807, 2.05) is 6.92 Å². The van der Waals surface area contributed by atoms with Crippen LogP contribution in [-0.2, 0) is 9.53 Å². The van der Waals surface area contributed by atoms with Gasteiger partial charge in [-0.1, -0.05) is 0 Å². The average molecular weight is 214 g/mol. The number of rotatable bonds is 9. The molecular weight excluding hydrogens is 192 g/mol. The van der Waals surface area contributed by atoms with Crippen LogP contribution < -0.4 is 10.6 Å². The van der Waals surface area contributed by atoms with Crippen molar-refractivity contribution in [2.45, 2.75) is 26.2 Å². The standard InChI is InChI=1S/C11H22N2O2/c1-2-15-7-3-6-12-9-11(14)13-8-10-4-5-10/h10,12H,2-9H2,1H3,(H,13,14). The molecule has 1 rings (SSSR count). The molecule has 4 heteroatoms. The van der Waals surface area contributed by atoms with Crippen molar-refractivity contribution >= 4 is 5.91 Å². The topological polar surface area (TPSA) is 50.4 Å². The maximum atomic E-state index is 11.3. The van der Waals surface area contributed by atoms with E-state index < -0.39 is 0 Å². The second-order valence-electron chi connectivity index (χ2n) is 3.97. The van der Waals surface area contributed by atoms with Crippen LogP contribution in [0.1, 0.15) is 26.2 Å². The molecule has 1 aliphatic rings. The van der Waals surface area contributed by atoms with E-state index in [2.05, 4.69) is 10.6 Å². The zero-order valence-electron chi connectivity index (χ0n) is 9.55. The van der Waals surface area contributed by atoms with E-state index >= 15 is 0 Å². The largest absolute Gasteiger partial charge is 0.382 e. The quantitative estimate of drug-likeness (QED) is 0.550. The van der Waals surface area contributed by atoms with E-state index in [-0.39, 0.29) is 5.91 Å². The third kappa shape index (κ3) is 7.33. The highest BCUT2D eigenvalue weighted by atomic mass is 16.5. The van der Waals surface area contributed by atoms with Gasteiger partial charge in [-0.3, -0.25) is 4.79 Å². The van der Waals surface area contributed by atoms with Crippen molar-refractivity contribution in [3.63, 3.8) is 0 Å². The van der Waals surface area contributed by atoms with Crippen LogP contribution in [0.2, 0.25) is 0 Å². The van der Waals surface area contributed by atoms with Gasteiger partial charge >= 0.3 is 0 Å². The lowest BCUT2D eigenvalue weighted by molar-refractivity contribution is -0.120.